The second kappa shape index (κ2) is 6.16. The molecule has 0 radical (unpaired) electrons. The standard InChI is InChI=1S/C21H24N4O/c1-14(2)21(26)24-12-17-18(13-24)22-25(20(17)23-9-5-6-10-23)19-8-7-15(3)11-16(19)4/h5-11,14H,12-13H2,1-4H3. The summed E-state index contributed by atoms with van der Waals surface area (Å²) in [5.41, 5.74) is 5.63. The summed E-state index contributed by atoms with van der Waals surface area (Å²) in [6, 6.07) is 10.4. The van der Waals surface area contributed by atoms with Gasteiger partial charge in [-0.25, -0.2) is 4.68 Å². The number of hydrogen-bond donors (Lipinski definition) is 0. The average Bonchev–Trinajstić information content (AvgIpc) is 3.28. The van der Waals surface area contributed by atoms with Crippen molar-refractivity contribution in [3.8, 4) is 11.5 Å². The number of aryl methyl sites for hydroxylation is 2. The molecule has 26 heavy (non-hydrogen) atoms. The Bertz CT molecular complexity index is 966. The minimum atomic E-state index is 0.000464. The van der Waals surface area contributed by atoms with E-state index in [2.05, 4.69) is 36.6 Å². The number of carbonyl (C=O) groups excluding carboxylic acids is 1. The van der Waals surface area contributed by atoms with Crippen molar-refractivity contribution in [2.24, 2.45) is 5.92 Å². The van der Waals surface area contributed by atoms with Gasteiger partial charge in [0.1, 0.15) is 5.82 Å². The lowest BCUT2D eigenvalue weighted by atomic mass is 10.1. The lowest BCUT2D eigenvalue weighted by Gasteiger charge is -2.19. The molecular weight excluding hydrogens is 324 g/mol. The number of benzene rings is 1. The molecule has 1 aliphatic rings. The predicted molar refractivity (Wildman–Crippen MR) is 101 cm³/mol. The maximum absolute atomic E-state index is 12.4. The fourth-order valence-corrected chi connectivity index (χ4v) is 3.67. The molecule has 5 heteroatoms. The van der Waals surface area contributed by atoms with Crippen LogP contribution in [0.2, 0.25) is 0 Å². The third-order valence-corrected chi connectivity index (χ3v) is 4.96. The summed E-state index contributed by atoms with van der Waals surface area (Å²) in [5.74, 6) is 1.20. The number of aromatic nitrogens is 3. The Hall–Kier alpha value is -2.82. The first-order valence-corrected chi connectivity index (χ1v) is 9.06. The third kappa shape index (κ3) is 2.64. The van der Waals surface area contributed by atoms with E-state index < -0.39 is 0 Å². The van der Waals surface area contributed by atoms with Crippen molar-refractivity contribution < 1.29 is 4.79 Å². The van der Waals surface area contributed by atoms with E-state index in [1.807, 2.05) is 48.0 Å². The van der Waals surface area contributed by atoms with Gasteiger partial charge in [0.2, 0.25) is 5.91 Å². The topological polar surface area (TPSA) is 43.1 Å². The molecule has 4 rings (SSSR count). The van der Waals surface area contributed by atoms with Crippen molar-refractivity contribution in [2.75, 3.05) is 0 Å². The Labute approximate surface area is 153 Å². The van der Waals surface area contributed by atoms with E-state index in [-0.39, 0.29) is 11.8 Å². The van der Waals surface area contributed by atoms with Crippen LogP contribution in [0, 0.1) is 19.8 Å². The first-order chi connectivity index (χ1) is 12.5. The number of fused-ring (bicyclic) bond motifs is 1. The molecule has 2 aromatic heterocycles. The monoisotopic (exact) mass is 348 g/mol. The molecule has 1 aromatic carbocycles. The van der Waals surface area contributed by atoms with Crippen LogP contribution in [0.15, 0.2) is 42.7 Å². The van der Waals surface area contributed by atoms with Gasteiger partial charge in [-0.15, -0.1) is 0 Å². The highest BCUT2D eigenvalue weighted by atomic mass is 16.2. The fourth-order valence-electron chi connectivity index (χ4n) is 3.67. The first-order valence-electron chi connectivity index (χ1n) is 9.06. The van der Waals surface area contributed by atoms with Crippen LogP contribution < -0.4 is 0 Å². The van der Waals surface area contributed by atoms with Crippen molar-refractivity contribution in [3.63, 3.8) is 0 Å². The molecular formula is C21H24N4O. The van der Waals surface area contributed by atoms with E-state index in [1.54, 1.807) is 0 Å². The minimum absolute atomic E-state index is 0.000464. The zero-order valence-electron chi connectivity index (χ0n) is 15.7. The molecule has 5 nitrogen and oxygen atoms in total. The summed E-state index contributed by atoms with van der Waals surface area (Å²) in [5, 5.41) is 4.90. The number of carbonyl (C=O) groups is 1. The molecule has 3 aromatic rings. The Morgan fingerprint density at radius 2 is 1.85 bits per heavy atom. The van der Waals surface area contributed by atoms with E-state index in [1.165, 1.54) is 11.1 Å². The molecule has 1 aliphatic heterocycles. The molecule has 0 fully saturated rings. The van der Waals surface area contributed by atoms with Crippen LogP contribution in [0.5, 0.6) is 0 Å². The van der Waals surface area contributed by atoms with Crippen LogP contribution in [0.3, 0.4) is 0 Å². The second-order valence-corrected chi connectivity index (χ2v) is 7.39. The first kappa shape index (κ1) is 16.6. The zero-order chi connectivity index (χ0) is 18.4. The summed E-state index contributed by atoms with van der Waals surface area (Å²) in [6.07, 6.45) is 4.06. The maximum atomic E-state index is 12.4. The van der Waals surface area contributed by atoms with Gasteiger partial charge in [0.25, 0.3) is 0 Å². The van der Waals surface area contributed by atoms with Crippen molar-refractivity contribution in [1.82, 2.24) is 19.2 Å². The largest absolute Gasteiger partial charge is 0.332 e. The molecule has 0 saturated carbocycles. The molecule has 0 saturated heterocycles. The van der Waals surface area contributed by atoms with Gasteiger partial charge in [0.05, 0.1) is 24.5 Å². The average molecular weight is 348 g/mol. The molecule has 1 amide bonds. The normalized spacial score (nSPS) is 13.5. The minimum Gasteiger partial charge on any atom is -0.332 e. The smallest absolute Gasteiger partial charge is 0.225 e. The van der Waals surface area contributed by atoms with E-state index in [9.17, 15) is 4.79 Å². The predicted octanol–water partition coefficient (Wildman–Crippen LogP) is 3.78. The molecule has 134 valence electrons. The van der Waals surface area contributed by atoms with E-state index in [0.29, 0.717) is 13.1 Å². The Morgan fingerprint density at radius 3 is 2.50 bits per heavy atom. The third-order valence-electron chi connectivity index (χ3n) is 4.96. The summed E-state index contributed by atoms with van der Waals surface area (Å²) < 4.78 is 4.12. The molecule has 0 unspecified atom stereocenters. The van der Waals surface area contributed by atoms with Crippen LogP contribution in [0.25, 0.3) is 11.5 Å². The summed E-state index contributed by atoms with van der Waals surface area (Å²) in [6.45, 7) is 9.30. The van der Waals surface area contributed by atoms with Gasteiger partial charge in [-0.2, -0.15) is 5.10 Å². The highest BCUT2D eigenvalue weighted by Crippen LogP contribution is 2.32. The van der Waals surface area contributed by atoms with Gasteiger partial charge >= 0.3 is 0 Å². The van der Waals surface area contributed by atoms with E-state index in [0.717, 1.165) is 22.8 Å². The number of hydrogen-bond acceptors (Lipinski definition) is 2. The van der Waals surface area contributed by atoms with Crippen LogP contribution in [-0.2, 0) is 17.9 Å². The maximum Gasteiger partial charge on any atom is 0.225 e. The molecule has 0 spiro atoms. The Kier molecular flexibility index (Phi) is 3.94. The van der Waals surface area contributed by atoms with Gasteiger partial charge in [-0.1, -0.05) is 31.5 Å². The van der Waals surface area contributed by atoms with Gasteiger partial charge < -0.3 is 9.47 Å². The van der Waals surface area contributed by atoms with Crippen LogP contribution in [0.4, 0.5) is 0 Å². The molecule has 0 atom stereocenters. The van der Waals surface area contributed by atoms with Gasteiger partial charge in [-0.3, -0.25) is 4.79 Å². The summed E-state index contributed by atoms with van der Waals surface area (Å²) in [7, 11) is 0. The quantitative estimate of drug-likeness (QED) is 0.723. The van der Waals surface area contributed by atoms with Crippen molar-refractivity contribution in [3.05, 3.63) is 65.1 Å². The zero-order valence-corrected chi connectivity index (χ0v) is 15.7. The van der Waals surface area contributed by atoms with Crippen molar-refractivity contribution >= 4 is 5.91 Å². The number of nitrogens with zero attached hydrogens (tertiary/aromatic N) is 4. The van der Waals surface area contributed by atoms with Crippen LogP contribution in [-0.4, -0.2) is 25.2 Å². The number of amides is 1. The highest BCUT2D eigenvalue weighted by Gasteiger charge is 2.32. The molecule has 0 bridgehead atoms. The SMILES string of the molecule is Cc1ccc(-n2nc3c(c2-n2cccc2)CN(C(=O)C(C)C)C3)c(C)c1. The second-order valence-electron chi connectivity index (χ2n) is 7.39. The van der Waals surface area contributed by atoms with Crippen LogP contribution >= 0.6 is 0 Å². The van der Waals surface area contributed by atoms with Gasteiger partial charge in [-0.05, 0) is 37.6 Å². The van der Waals surface area contributed by atoms with E-state index >= 15 is 0 Å². The summed E-state index contributed by atoms with van der Waals surface area (Å²) in [4.78, 5) is 14.3. The van der Waals surface area contributed by atoms with E-state index in [4.69, 9.17) is 5.10 Å². The Morgan fingerprint density at radius 1 is 1.12 bits per heavy atom. The molecule has 3 heterocycles. The van der Waals surface area contributed by atoms with Crippen LogP contribution in [0.1, 0.15) is 36.2 Å². The Balaban J connectivity index is 1.84. The number of rotatable bonds is 3. The molecule has 0 aliphatic carbocycles. The van der Waals surface area contributed by atoms with Gasteiger partial charge in [0.15, 0.2) is 0 Å². The van der Waals surface area contributed by atoms with Gasteiger partial charge in [0, 0.05) is 23.9 Å². The lowest BCUT2D eigenvalue weighted by Crippen LogP contribution is -2.30. The summed E-state index contributed by atoms with van der Waals surface area (Å²) >= 11 is 0. The fraction of sp³-hybridized carbons (Fsp3) is 0.333. The lowest BCUT2D eigenvalue weighted by molar-refractivity contribution is -0.135. The highest BCUT2D eigenvalue weighted by molar-refractivity contribution is 5.79. The molecule has 0 N–H and O–H groups in total. The van der Waals surface area contributed by atoms with Crippen molar-refractivity contribution in [2.45, 2.75) is 40.8 Å². The van der Waals surface area contributed by atoms with Crippen molar-refractivity contribution in [1.29, 1.82) is 0 Å².